The zero-order valence-electron chi connectivity index (χ0n) is 9.92. The van der Waals surface area contributed by atoms with Gasteiger partial charge < -0.3 is 10.1 Å². The van der Waals surface area contributed by atoms with E-state index < -0.39 is 0 Å². The van der Waals surface area contributed by atoms with Crippen molar-refractivity contribution in [2.75, 3.05) is 19.7 Å². The van der Waals surface area contributed by atoms with Crippen LogP contribution in [0.3, 0.4) is 0 Å². The first-order valence-electron chi connectivity index (χ1n) is 6.37. The minimum absolute atomic E-state index is 0.277. The molecule has 1 aromatic rings. The molecule has 1 aromatic carbocycles. The number of halogens is 1. The molecule has 0 spiro atoms. The van der Waals surface area contributed by atoms with Gasteiger partial charge in [0, 0.05) is 30.1 Å². The highest BCUT2D eigenvalue weighted by Gasteiger charge is 2.41. The van der Waals surface area contributed by atoms with Gasteiger partial charge in [0.1, 0.15) is 0 Å². The summed E-state index contributed by atoms with van der Waals surface area (Å²) in [6.07, 6.45) is 4.03. The van der Waals surface area contributed by atoms with Crippen LogP contribution in [0, 0.1) is 0 Å². The Bertz CT molecular complexity index is 380. The lowest BCUT2D eigenvalue weighted by Gasteiger charge is -2.44. The van der Waals surface area contributed by atoms with E-state index in [1.807, 2.05) is 12.1 Å². The van der Waals surface area contributed by atoms with Crippen LogP contribution in [-0.2, 0) is 10.2 Å². The van der Waals surface area contributed by atoms with Crippen molar-refractivity contribution in [3.63, 3.8) is 0 Å². The van der Waals surface area contributed by atoms with Crippen molar-refractivity contribution < 1.29 is 4.74 Å². The smallest absolute Gasteiger partial charge is 0.0585 e. The van der Waals surface area contributed by atoms with E-state index in [0.29, 0.717) is 6.10 Å². The molecule has 2 aliphatic heterocycles. The Morgan fingerprint density at radius 1 is 1.29 bits per heavy atom. The van der Waals surface area contributed by atoms with Gasteiger partial charge in [-0.1, -0.05) is 23.7 Å². The molecule has 1 unspecified atom stereocenters. The lowest BCUT2D eigenvalue weighted by atomic mass is 9.71. The SMILES string of the molecule is Clc1ccc(C2(CC3CCCO3)CNC2)cc1. The van der Waals surface area contributed by atoms with Gasteiger partial charge >= 0.3 is 0 Å². The molecular formula is C14H18ClNO. The molecule has 0 aliphatic carbocycles. The molecule has 3 rings (SSSR count). The van der Waals surface area contributed by atoms with E-state index in [-0.39, 0.29) is 5.41 Å². The molecule has 2 saturated heterocycles. The standard InChI is InChI=1S/C14H18ClNO/c15-12-5-3-11(4-6-12)14(9-16-10-14)8-13-2-1-7-17-13/h3-6,13,16H,1-2,7-10H2. The van der Waals surface area contributed by atoms with E-state index in [1.165, 1.54) is 18.4 Å². The maximum absolute atomic E-state index is 5.95. The minimum Gasteiger partial charge on any atom is -0.378 e. The Balaban J connectivity index is 1.78. The van der Waals surface area contributed by atoms with Crippen molar-refractivity contribution in [1.29, 1.82) is 0 Å². The van der Waals surface area contributed by atoms with Gasteiger partial charge in [-0.15, -0.1) is 0 Å². The average Bonchev–Trinajstić information content (AvgIpc) is 2.77. The van der Waals surface area contributed by atoms with Crippen LogP contribution >= 0.6 is 11.6 Å². The molecule has 0 bridgehead atoms. The number of nitrogens with one attached hydrogen (secondary N) is 1. The van der Waals surface area contributed by atoms with Gasteiger partial charge in [-0.05, 0) is 37.0 Å². The first kappa shape index (κ1) is 11.5. The number of benzene rings is 1. The van der Waals surface area contributed by atoms with Crippen molar-refractivity contribution in [3.8, 4) is 0 Å². The molecular weight excluding hydrogens is 234 g/mol. The lowest BCUT2D eigenvalue weighted by Crippen LogP contribution is -2.58. The molecule has 0 radical (unpaired) electrons. The maximum atomic E-state index is 5.95. The molecule has 3 heteroatoms. The fraction of sp³-hybridized carbons (Fsp3) is 0.571. The largest absolute Gasteiger partial charge is 0.378 e. The zero-order valence-corrected chi connectivity index (χ0v) is 10.7. The van der Waals surface area contributed by atoms with Gasteiger partial charge in [0.25, 0.3) is 0 Å². The average molecular weight is 252 g/mol. The molecule has 2 heterocycles. The number of hydrogen-bond acceptors (Lipinski definition) is 2. The molecule has 2 fully saturated rings. The van der Waals surface area contributed by atoms with Gasteiger partial charge in [-0.2, -0.15) is 0 Å². The lowest BCUT2D eigenvalue weighted by molar-refractivity contribution is 0.0681. The highest BCUT2D eigenvalue weighted by atomic mass is 35.5. The topological polar surface area (TPSA) is 21.3 Å². The van der Waals surface area contributed by atoms with Crippen LogP contribution < -0.4 is 5.32 Å². The molecule has 0 amide bonds. The molecule has 17 heavy (non-hydrogen) atoms. The Labute approximate surface area is 107 Å². The van der Waals surface area contributed by atoms with E-state index in [9.17, 15) is 0 Å². The van der Waals surface area contributed by atoms with E-state index in [2.05, 4.69) is 17.4 Å². The zero-order chi connectivity index (χ0) is 11.7. The summed E-state index contributed by atoms with van der Waals surface area (Å²) in [5.74, 6) is 0. The molecule has 0 saturated carbocycles. The molecule has 1 atom stereocenters. The summed E-state index contributed by atoms with van der Waals surface area (Å²) in [7, 11) is 0. The highest BCUT2D eigenvalue weighted by molar-refractivity contribution is 6.30. The predicted molar refractivity (Wildman–Crippen MR) is 69.6 cm³/mol. The molecule has 92 valence electrons. The molecule has 0 aromatic heterocycles. The van der Waals surface area contributed by atoms with Gasteiger partial charge in [0.05, 0.1) is 6.10 Å². The first-order chi connectivity index (χ1) is 8.28. The van der Waals surface area contributed by atoms with Crippen LogP contribution in [0.25, 0.3) is 0 Å². The Kier molecular flexibility index (Phi) is 3.12. The third-order valence-electron chi connectivity index (χ3n) is 4.03. The Hall–Kier alpha value is -0.570. The van der Waals surface area contributed by atoms with Gasteiger partial charge in [-0.25, -0.2) is 0 Å². The highest BCUT2D eigenvalue weighted by Crippen LogP contribution is 2.36. The summed E-state index contributed by atoms with van der Waals surface area (Å²) >= 11 is 5.95. The normalized spacial score (nSPS) is 26.8. The van der Waals surface area contributed by atoms with Crippen molar-refractivity contribution in [3.05, 3.63) is 34.9 Å². The third-order valence-corrected chi connectivity index (χ3v) is 4.28. The van der Waals surface area contributed by atoms with Gasteiger partial charge in [-0.3, -0.25) is 0 Å². The second-order valence-corrected chi connectivity index (χ2v) is 5.67. The fourth-order valence-corrected chi connectivity index (χ4v) is 3.06. The Morgan fingerprint density at radius 2 is 2.06 bits per heavy atom. The van der Waals surface area contributed by atoms with E-state index in [0.717, 1.165) is 31.1 Å². The van der Waals surface area contributed by atoms with E-state index >= 15 is 0 Å². The summed E-state index contributed by atoms with van der Waals surface area (Å²) in [5, 5.41) is 4.21. The summed E-state index contributed by atoms with van der Waals surface area (Å²) in [6.45, 7) is 3.07. The fourth-order valence-electron chi connectivity index (χ4n) is 2.94. The Morgan fingerprint density at radius 3 is 2.59 bits per heavy atom. The molecule has 1 N–H and O–H groups in total. The van der Waals surface area contributed by atoms with Crippen LogP contribution in [-0.4, -0.2) is 25.8 Å². The summed E-state index contributed by atoms with van der Waals surface area (Å²) in [5.41, 5.74) is 1.68. The predicted octanol–water partition coefficient (Wildman–Crippen LogP) is 2.75. The monoisotopic (exact) mass is 251 g/mol. The van der Waals surface area contributed by atoms with Crippen molar-refractivity contribution in [2.45, 2.75) is 30.8 Å². The summed E-state index contributed by atoms with van der Waals surface area (Å²) < 4.78 is 5.78. The van der Waals surface area contributed by atoms with Crippen molar-refractivity contribution in [1.82, 2.24) is 5.32 Å². The number of ether oxygens (including phenoxy) is 1. The molecule has 2 nitrogen and oxygen atoms in total. The van der Waals surface area contributed by atoms with Gasteiger partial charge in [0.2, 0.25) is 0 Å². The minimum atomic E-state index is 0.277. The van der Waals surface area contributed by atoms with Crippen LogP contribution in [0.1, 0.15) is 24.8 Å². The van der Waals surface area contributed by atoms with E-state index in [4.69, 9.17) is 16.3 Å². The molecule has 2 aliphatic rings. The second kappa shape index (κ2) is 4.60. The van der Waals surface area contributed by atoms with E-state index in [1.54, 1.807) is 0 Å². The van der Waals surface area contributed by atoms with Crippen LogP contribution in [0.4, 0.5) is 0 Å². The number of hydrogen-bond donors (Lipinski definition) is 1. The third kappa shape index (κ3) is 2.22. The first-order valence-corrected chi connectivity index (χ1v) is 6.75. The van der Waals surface area contributed by atoms with Crippen LogP contribution in [0.2, 0.25) is 5.02 Å². The van der Waals surface area contributed by atoms with Crippen molar-refractivity contribution >= 4 is 11.6 Å². The maximum Gasteiger partial charge on any atom is 0.0585 e. The summed E-state index contributed by atoms with van der Waals surface area (Å²) in [6, 6.07) is 8.31. The quantitative estimate of drug-likeness (QED) is 0.892. The van der Waals surface area contributed by atoms with Crippen LogP contribution in [0.5, 0.6) is 0 Å². The van der Waals surface area contributed by atoms with Crippen molar-refractivity contribution in [2.24, 2.45) is 0 Å². The van der Waals surface area contributed by atoms with Gasteiger partial charge in [0.15, 0.2) is 0 Å². The summed E-state index contributed by atoms with van der Waals surface area (Å²) in [4.78, 5) is 0. The second-order valence-electron chi connectivity index (χ2n) is 5.23. The van der Waals surface area contributed by atoms with Crippen LogP contribution in [0.15, 0.2) is 24.3 Å². The number of rotatable bonds is 3.